The Bertz CT molecular complexity index is 488. The van der Waals surface area contributed by atoms with Gasteiger partial charge in [-0.1, -0.05) is 31.4 Å². The van der Waals surface area contributed by atoms with E-state index in [1.807, 2.05) is 24.3 Å². The van der Waals surface area contributed by atoms with Crippen molar-refractivity contribution in [2.75, 3.05) is 13.1 Å². The molecule has 0 spiro atoms. The summed E-state index contributed by atoms with van der Waals surface area (Å²) in [5, 5.41) is 0. The molecule has 20 heavy (non-hydrogen) atoms. The molecule has 2 unspecified atom stereocenters. The van der Waals surface area contributed by atoms with Gasteiger partial charge in [0.1, 0.15) is 0 Å². The van der Waals surface area contributed by atoms with Gasteiger partial charge in [0.25, 0.3) is 5.91 Å². The van der Waals surface area contributed by atoms with Gasteiger partial charge in [0.15, 0.2) is 0 Å². The van der Waals surface area contributed by atoms with Crippen molar-refractivity contribution in [2.45, 2.75) is 38.0 Å². The maximum Gasteiger partial charge on any atom is 0.253 e. The molecule has 1 heterocycles. The normalized spacial score (nSPS) is 26.1. The molecule has 1 aromatic rings. The van der Waals surface area contributed by atoms with Crippen molar-refractivity contribution in [3.8, 4) is 0 Å². The van der Waals surface area contributed by atoms with Crippen LogP contribution in [0.1, 0.15) is 48.0 Å². The molecule has 1 aromatic carbocycles. The minimum absolute atomic E-state index is 0.181. The van der Waals surface area contributed by atoms with Crippen LogP contribution in [0, 0.1) is 11.8 Å². The molecule has 0 aromatic heterocycles. The average molecular weight is 292 g/mol. The fourth-order valence-electron chi connectivity index (χ4n) is 3.76. The molecule has 2 atom stereocenters. The van der Waals surface area contributed by atoms with Gasteiger partial charge in [-0.05, 0) is 42.4 Å². The first-order chi connectivity index (χ1) is 9.78. The van der Waals surface area contributed by atoms with Crippen molar-refractivity contribution in [3.05, 3.63) is 35.4 Å². The molecule has 1 saturated carbocycles. The Morgan fingerprint density at radius 1 is 1.20 bits per heavy atom. The summed E-state index contributed by atoms with van der Waals surface area (Å²) < 4.78 is 0. The van der Waals surface area contributed by atoms with E-state index in [-0.39, 0.29) is 5.91 Å². The Morgan fingerprint density at radius 2 is 2.00 bits per heavy atom. The number of fused-ring (bicyclic) bond motifs is 1. The molecular formula is C17H22ClNO. The predicted molar refractivity (Wildman–Crippen MR) is 82.0 cm³/mol. The van der Waals surface area contributed by atoms with Crippen LogP contribution in [0.2, 0.25) is 0 Å². The zero-order valence-electron chi connectivity index (χ0n) is 11.9. The second kappa shape index (κ2) is 6.17. The summed E-state index contributed by atoms with van der Waals surface area (Å²) in [6.07, 6.45) is 6.58. The summed E-state index contributed by atoms with van der Waals surface area (Å²) in [6, 6.07) is 7.74. The van der Waals surface area contributed by atoms with E-state index in [1.165, 1.54) is 32.1 Å². The highest BCUT2D eigenvalue weighted by Gasteiger charge is 2.33. The van der Waals surface area contributed by atoms with Crippen LogP contribution in [0.25, 0.3) is 0 Å². The number of carbonyl (C=O) groups excluding carboxylic acids is 1. The molecule has 2 nitrogen and oxygen atoms in total. The second-order valence-electron chi connectivity index (χ2n) is 6.18. The van der Waals surface area contributed by atoms with Crippen LogP contribution in [-0.4, -0.2) is 23.9 Å². The number of alkyl halides is 1. The molecule has 1 aliphatic carbocycles. The SMILES string of the molecule is O=C(c1cccc(CCl)c1)N1CCC2CCCCC2C1. The minimum Gasteiger partial charge on any atom is -0.338 e. The van der Waals surface area contributed by atoms with Crippen LogP contribution in [0.4, 0.5) is 0 Å². The number of hydrogen-bond acceptors (Lipinski definition) is 1. The Labute approximate surface area is 126 Å². The number of amides is 1. The zero-order chi connectivity index (χ0) is 13.9. The standard InChI is InChI=1S/C17H22ClNO/c18-11-13-4-3-7-15(10-13)17(20)19-9-8-14-5-1-2-6-16(14)12-19/h3-4,7,10,14,16H,1-2,5-6,8-9,11-12H2. The van der Waals surface area contributed by atoms with Gasteiger partial charge in [-0.2, -0.15) is 0 Å². The summed E-state index contributed by atoms with van der Waals surface area (Å²) in [5.41, 5.74) is 1.81. The first kappa shape index (κ1) is 13.9. The smallest absolute Gasteiger partial charge is 0.253 e. The van der Waals surface area contributed by atoms with E-state index < -0.39 is 0 Å². The molecule has 1 aliphatic heterocycles. The Morgan fingerprint density at radius 3 is 2.80 bits per heavy atom. The topological polar surface area (TPSA) is 20.3 Å². The van der Waals surface area contributed by atoms with E-state index >= 15 is 0 Å². The lowest BCUT2D eigenvalue weighted by molar-refractivity contribution is 0.0521. The largest absolute Gasteiger partial charge is 0.338 e. The minimum atomic E-state index is 0.181. The van der Waals surface area contributed by atoms with Gasteiger partial charge < -0.3 is 4.90 Å². The van der Waals surface area contributed by atoms with E-state index in [0.29, 0.717) is 5.88 Å². The van der Waals surface area contributed by atoms with Crippen LogP contribution in [-0.2, 0) is 5.88 Å². The Balaban J connectivity index is 1.70. The molecular weight excluding hydrogens is 270 g/mol. The maximum atomic E-state index is 12.6. The first-order valence-electron chi connectivity index (χ1n) is 7.72. The maximum absolute atomic E-state index is 12.6. The van der Waals surface area contributed by atoms with E-state index in [1.54, 1.807) is 0 Å². The molecule has 2 fully saturated rings. The second-order valence-corrected chi connectivity index (χ2v) is 6.45. The molecule has 2 aliphatic rings. The highest BCUT2D eigenvalue weighted by Crippen LogP contribution is 2.36. The number of piperidine rings is 1. The number of carbonyl (C=O) groups is 1. The van der Waals surface area contributed by atoms with Gasteiger partial charge >= 0.3 is 0 Å². The highest BCUT2D eigenvalue weighted by molar-refractivity contribution is 6.17. The Hall–Kier alpha value is -1.02. The number of benzene rings is 1. The number of rotatable bonds is 2. The zero-order valence-corrected chi connectivity index (χ0v) is 12.6. The van der Waals surface area contributed by atoms with Crippen LogP contribution in [0.3, 0.4) is 0 Å². The fourth-order valence-corrected chi connectivity index (χ4v) is 3.92. The third kappa shape index (κ3) is 2.85. The van der Waals surface area contributed by atoms with Crippen molar-refractivity contribution in [2.24, 2.45) is 11.8 Å². The molecule has 0 bridgehead atoms. The van der Waals surface area contributed by atoms with Crippen LogP contribution >= 0.6 is 11.6 Å². The molecule has 0 radical (unpaired) electrons. The van der Waals surface area contributed by atoms with Gasteiger partial charge in [0.05, 0.1) is 0 Å². The number of halogens is 1. The number of hydrogen-bond donors (Lipinski definition) is 0. The summed E-state index contributed by atoms with van der Waals surface area (Å²) in [7, 11) is 0. The quantitative estimate of drug-likeness (QED) is 0.752. The third-order valence-electron chi connectivity index (χ3n) is 4.91. The molecule has 3 heteroatoms. The summed E-state index contributed by atoms with van der Waals surface area (Å²) >= 11 is 5.86. The van der Waals surface area contributed by atoms with Gasteiger partial charge in [-0.3, -0.25) is 4.79 Å². The van der Waals surface area contributed by atoms with Gasteiger partial charge in [-0.15, -0.1) is 11.6 Å². The predicted octanol–water partition coefficient (Wildman–Crippen LogP) is 4.08. The van der Waals surface area contributed by atoms with Crippen LogP contribution in [0.15, 0.2) is 24.3 Å². The van der Waals surface area contributed by atoms with E-state index in [2.05, 4.69) is 4.90 Å². The van der Waals surface area contributed by atoms with Crippen LogP contribution < -0.4 is 0 Å². The molecule has 3 rings (SSSR count). The van der Waals surface area contributed by atoms with Crippen molar-refractivity contribution >= 4 is 17.5 Å². The van der Waals surface area contributed by atoms with Crippen molar-refractivity contribution in [1.29, 1.82) is 0 Å². The van der Waals surface area contributed by atoms with E-state index in [0.717, 1.165) is 36.1 Å². The van der Waals surface area contributed by atoms with Crippen LogP contribution in [0.5, 0.6) is 0 Å². The first-order valence-corrected chi connectivity index (χ1v) is 8.25. The molecule has 1 saturated heterocycles. The highest BCUT2D eigenvalue weighted by atomic mass is 35.5. The van der Waals surface area contributed by atoms with Gasteiger partial charge in [-0.25, -0.2) is 0 Å². The molecule has 108 valence electrons. The van der Waals surface area contributed by atoms with Gasteiger partial charge in [0.2, 0.25) is 0 Å². The molecule has 0 N–H and O–H groups in total. The summed E-state index contributed by atoms with van der Waals surface area (Å²) in [6.45, 7) is 1.87. The third-order valence-corrected chi connectivity index (χ3v) is 5.22. The lowest BCUT2D eigenvalue weighted by Crippen LogP contribution is -2.44. The van der Waals surface area contributed by atoms with Crippen molar-refractivity contribution in [3.63, 3.8) is 0 Å². The number of likely N-dealkylation sites (tertiary alicyclic amines) is 1. The Kier molecular flexibility index (Phi) is 4.30. The lowest BCUT2D eigenvalue weighted by Gasteiger charge is -2.41. The van der Waals surface area contributed by atoms with E-state index in [9.17, 15) is 4.79 Å². The van der Waals surface area contributed by atoms with Gasteiger partial charge in [0, 0.05) is 24.5 Å². The average Bonchev–Trinajstić information content (AvgIpc) is 2.53. The summed E-state index contributed by atoms with van der Waals surface area (Å²) in [4.78, 5) is 14.7. The summed E-state index contributed by atoms with van der Waals surface area (Å²) in [5.74, 6) is 2.24. The van der Waals surface area contributed by atoms with E-state index in [4.69, 9.17) is 11.6 Å². The van der Waals surface area contributed by atoms with Crippen molar-refractivity contribution in [1.82, 2.24) is 4.90 Å². The number of nitrogens with zero attached hydrogens (tertiary/aromatic N) is 1. The lowest BCUT2D eigenvalue weighted by atomic mass is 9.75. The monoisotopic (exact) mass is 291 g/mol. The molecule has 1 amide bonds. The van der Waals surface area contributed by atoms with Crippen molar-refractivity contribution < 1.29 is 4.79 Å². The fraction of sp³-hybridized carbons (Fsp3) is 0.588.